The van der Waals surface area contributed by atoms with Crippen molar-refractivity contribution in [2.45, 2.75) is 32.3 Å². The van der Waals surface area contributed by atoms with Gasteiger partial charge in [0.2, 0.25) is 15.9 Å². The number of carbonyl (C=O) groups is 2. The maximum absolute atomic E-state index is 12.4. The second kappa shape index (κ2) is 9.64. The van der Waals surface area contributed by atoms with Crippen LogP contribution in [0.4, 0.5) is 5.69 Å². The minimum Gasteiger partial charge on any atom is -0.460 e. The second-order valence-electron chi connectivity index (χ2n) is 7.21. The molecule has 0 fully saturated rings. The van der Waals surface area contributed by atoms with E-state index in [1.54, 1.807) is 6.07 Å². The van der Waals surface area contributed by atoms with Gasteiger partial charge >= 0.3 is 5.97 Å². The van der Waals surface area contributed by atoms with Gasteiger partial charge in [-0.2, -0.15) is 4.72 Å². The Labute approximate surface area is 191 Å². The van der Waals surface area contributed by atoms with E-state index in [4.69, 9.17) is 16.3 Å². The zero-order valence-electron chi connectivity index (χ0n) is 17.7. The number of nitrogens with one attached hydrogen (secondary N) is 2. The molecule has 0 unspecified atom stereocenters. The summed E-state index contributed by atoms with van der Waals surface area (Å²) in [6, 6.07) is 11.2. The lowest BCUT2D eigenvalue weighted by atomic mass is 10.0. The van der Waals surface area contributed by atoms with Gasteiger partial charge in [0.05, 0.1) is 10.4 Å². The van der Waals surface area contributed by atoms with Gasteiger partial charge in [0, 0.05) is 23.6 Å². The molecule has 0 radical (unpaired) electrons. The average molecular weight is 476 g/mol. The summed E-state index contributed by atoms with van der Waals surface area (Å²) < 4.78 is 32.1. The van der Waals surface area contributed by atoms with Crippen molar-refractivity contribution in [2.24, 2.45) is 0 Å². The van der Waals surface area contributed by atoms with Crippen molar-refractivity contribution in [3.8, 4) is 0 Å². The lowest BCUT2D eigenvalue weighted by molar-refractivity contribution is -0.143. The molecular weight excluding hydrogens is 454 g/mol. The lowest BCUT2D eigenvalue weighted by Gasteiger charge is -2.11. The van der Waals surface area contributed by atoms with Crippen molar-refractivity contribution >= 4 is 50.1 Å². The fraction of sp³-hybridized carbons (Fsp3) is 0.227. The molecule has 3 rings (SSSR count). The van der Waals surface area contributed by atoms with Crippen LogP contribution in [0.25, 0.3) is 10.9 Å². The molecule has 32 heavy (non-hydrogen) atoms. The first kappa shape index (κ1) is 23.6. The number of anilines is 1. The molecule has 0 spiro atoms. The quantitative estimate of drug-likeness (QED) is 0.399. The van der Waals surface area contributed by atoms with E-state index in [2.05, 4.69) is 15.0 Å². The van der Waals surface area contributed by atoms with Crippen molar-refractivity contribution in [3.05, 3.63) is 64.3 Å². The van der Waals surface area contributed by atoms with Gasteiger partial charge in [-0.3, -0.25) is 9.59 Å². The Morgan fingerprint density at radius 2 is 1.78 bits per heavy atom. The topological polar surface area (TPSA) is 114 Å². The number of carbonyl (C=O) groups excluding carboxylic acids is 2. The number of esters is 1. The van der Waals surface area contributed by atoms with E-state index in [-0.39, 0.29) is 22.6 Å². The van der Waals surface area contributed by atoms with Crippen LogP contribution in [-0.4, -0.2) is 31.8 Å². The van der Waals surface area contributed by atoms with Gasteiger partial charge in [-0.1, -0.05) is 23.7 Å². The van der Waals surface area contributed by atoms with E-state index in [0.717, 1.165) is 22.0 Å². The van der Waals surface area contributed by atoms with Crippen molar-refractivity contribution < 1.29 is 22.7 Å². The highest BCUT2D eigenvalue weighted by molar-refractivity contribution is 7.89. The Balaban J connectivity index is 1.60. The Hall–Kier alpha value is -3.01. The number of ether oxygens (including phenoxy) is 1. The van der Waals surface area contributed by atoms with Crippen LogP contribution in [0.5, 0.6) is 0 Å². The van der Waals surface area contributed by atoms with E-state index in [1.807, 2.05) is 26.0 Å². The van der Waals surface area contributed by atoms with Crippen LogP contribution < -0.4 is 10.0 Å². The van der Waals surface area contributed by atoms with Crippen molar-refractivity contribution in [3.63, 3.8) is 0 Å². The van der Waals surface area contributed by atoms with Crippen LogP contribution in [0.3, 0.4) is 0 Å². The third-order valence-electron chi connectivity index (χ3n) is 4.82. The Bertz CT molecular complexity index is 1290. The summed E-state index contributed by atoms with van der Waals surface area (Å²) in [5.74, 6) is -1.03. The minimum absolute atomic E-state index is 0.0492. The summed E-state index contributed by atoms with van der Waals surface area (Å²) in [7, 11) is -3.93. The SMILES string of the molecule is CC(=O)Nc1ccc(S(=O)(=O)NCC(=O)OCc2cc3ccc(C)c(C)c3nc2Cl)cc1. The maximum Gasteiger partial charge on any atom is 0.321 e. The summed E-state index contributed by atoms with van der Waals surface area (Å²) in [5.41, 5.74) is 3.88. The van der Waals surface area contributed by atoms with Crippen LogP contribution in [0.15, 0.2) is 47.4 Å². The third-order valence-corrected chi connectivity index (χ3v) is 6.56. The minimum atomic E-state index is -3.93. The molecule has 0 aliphatic rings. The Morgan fingerprint density at radius 1 is 1.09 bits per heavy atom. The first-order chi connectivity index (χ1) is 15.1. The number of aryl methyl sites for hydroxylation is 2. The van der Waals surface area contributed by atoms with Crippen LogP contribution >= 0.6 is 11.6 Å². The highest BCUT2D eigenvalue weighted by Crippen LogP contribution is 2.25. The number of rotatable bonds is 7. The number of hydrogen-bond donors (Lipinski definition) is 2. The number of hydrogen-bond acceptors (Lipinski definition) is 6. The van der Waals surface area contributed by atoms with Gasteiger partial charge in [-0.15, -0.1) is 0 Å². The smallest absolute Gasteiger partial charge is 0.321 e. The summed E-state index contributed by atoms with van der Waals surface area (Å²) in [4.78, 5) is 27.5. The number of sulfonamides is 1. The standard InChI is InChI=1S/C22H22ClN3O5S/c1-13-4-5-16-10-17(22(23)26-21(16)14(13)2)12-31-20(28)11-24-32(29,30)19-8-6-18(7-9-19)25-15(3)27/h4-10,24H,11-12H2,1-3H3,(H,25,27). The molecule has 0 atom stereocenters. The number of amides is 1. The molecule has 0 aliphatic heterocycles. The predicted molar refractivity (Wildman–Crippen MR) is 122 cm³/mol. The van der Waals surface area contributed by atoms with Gasteiger partial charge in [0.25, 0.3) is 0 Å². The van der Waals surface area contributed by atoms with Gasteiger partial charge in [-0.05, 0) is 55.3 Å². The van der Waals surface area contributed by atoms with Gasteiger partial charge in [0.1, 0.15) is 18.3 Å². The van der Waals surface area contributed by atoms with Crippen molar-refractivity contribution in [2.75, 3.05) is 11.9 Å². The van der Waals surface area contributed by atoms with E-state index in [0.29, 0.717) is 11.3 Å². The first-order valence-corrected chi connectivity index (χ1v) is 11.5. The second-order valence-corrected chi connectivity index (χ2v) is 9.33. The van der Waals surface area contributed by atoms with E-state index < -0.39 is 22.5 Å². The van der Waals surface area contributed by atoms with Crippen LogP contribution in [-0.2, 0) is 31.0 Å². The van der Waals surface area contributed by atoms with Gasteiger partial charge in [-0.25, -0.2) is 13.4 Å². The van der Waals surface area contributed by atoms with Crippen molar-refractivity contribution in [1.29, 1.82) is 0 Å². The van der Waals surface area contributed by atoms with Crippen LogP contribution in [0.2, 0.25) is 5.15 Å². The average Bonchev–Trinajstić information content (AvgIpc) is 2.74. The van der Waals surface area contributed by atoms with E-state index in [9.17, 15) is 18.0 Å². The molecule has 0 saturated carbocycles. The number of nitrogens with zero attached hydrogens (tertiary/aromatic N) is 1. The molecule has 1 aromatic heterocycles. The van der Waals surface area contributed by atoms with Crippen LogP contribution in [0, 0.1) is 13.8 Å². The number of halogens is 1. The van der Waals surface area contributed by atoms with Crippen molar-refractivity contribution in [1.82, 2.24) is 9.71 Å². The highest BCUT2D eigenvalue weighted by atomic mass is 35.5. The Kier molecular flexibility index (Phi) is 7.12. The molecule has 168 valence electrons. The molecule has 0 saturated heterocycles. The maximum atomic E-state index is 12.4. The number of aromatic nitrogens is 1. The van der Waals surface area contributed by atoms with Gasteiger partial charge in [0.15, 0.2) is 0 Å². The molecular formula is C22H22ClN3O5S. The molecule has 2 aromatic carbocycles. The highest BCUT2D eigenvalue weighted by Gasteiger charge is 2.17. The predicted octanol–water partition coefficient (Wildman–Crippen LogP) is 3.49. The summed E-state index contributed by atoms with van der Waals surface area (Å²) in [6.07, 6.45) is 0. The number of benzene rings is 2. The number of pyridine rings is 1. The summed E-state index contributed by atoms with van der Waals surface area (Å²) in [6.45, 7) is 4.60. The fourth-order valence-corrected chi connectivity index (χ4v) is 4.14. The molecule has 0 aliphatic carbocycles. The molecule has 10 heteroatoms. The lowest BCUT2D eigenvalue weighted by Crippen LogP contribution is -2.30. The zero-order valence-corrected chi connectivity index (χ0v) is 19.3. The monoisotopic (exact) mass is 475 g/mol. The van der Waals surface area contributed by atoms with Crippen LogP contribution in [0.1, 0.15) is 23.6 Å². The molecule has 0 bridgehead atoms. The summed E-state index contributed by atoms with van der Waals surface area (Å²) in [5, 5.41) is 3.63. The summed E-state index contributed by atoms with van der Waals surface area (Å²) >= 11 is 6.24. The molecule has 1 amide bonds. The largest absolute Gasteiger partial charge is 0.460 e. The molecule has 3 aromatic rings. The molecule has 8 nitrogen and oxygen atoms in total. The Morgan fingerprint density at radius 3 is 2.44 bits per heavy atom. The van der Waals surface area contributed by atoms with E-state index in [1.165, 1.54) is 31.2 Å². The fourth-order valence-electron chi connectivity index (χ4n) is 2.97. The molecule has 2 N–H and O–H groups in total. The number of fused-ring (bicyclic) bond motifs is 1. The van der Waals surface area contributed by atoms with E-state index >= 15 is 0 Å². The normalized spacial score (nSPS) is 11.4. The first-order valence-electron chi connectivity index (χ1n) is 9.65. The van der Waals surface area contributed by atoms with Gasteiger partial charge < -0.3 is 10.1 Å². The zero-order chi connectivity index (χ0) is 23.5. The molecule has 1 heterocycles. The third kappa shape index (κ3) is 5.61.